The van der Waals surface area contributed by atoms with Crippen LogP contribution < -0.4 is 0 Å². The molecular weight excluding hydrogens is 475 g/mol. The van der Waals surface area contributed by atoms with Crippen molar-refractivity contribution in [3.8, 4) is 0 Å². The molecule has 2 aromatic rings. The second-order valence-corrected chi connectivity index (χ2v) is 9.58. The zero-order valence-corrected chi connectivity index (χ0v) is 19.3. The van der Waals surface area contributed by atoms with Gasteiger partial charge in [0.05, 0.1) is 23.3 Å². The second kappa shape index (κ2) is 10.1. The minimum absolute atomic E-state index is 0.124. The van der Waals surface area contributed by atoms with Gasteiger partial charge in [0, 0.05) is 12.5 Å². The number of rotatable bonds is 6. The Balaban J connectivity index is 1.60. The molecule has 1 saturated heterocycles. The van der Waals surface area contributed by atoms with Gasteiger partial charge in [0.1, 0.15) is 5.82 Å². The third-order valence-electron chi connectivity index (χ3n) is 7.14. The van der Waals surface area contributed by atoms with Gasteiger partial charge in [-0.15, -0.1) is 0 Å². The summed E-state index contributed by atoms with van der Waals surface area (Å²) in [6.45, 7) is 4.31. The first kappa shape index (κ1) is 25.9. The molecule has 4 atom stereocenters. The number of benzene rings is 2. The summed E-state index contributed by atoms with van der Waals surface area (Å²) in [7, 11) is 0. The van der Waals surface area contributed by atoms with Crippen LogP contribution in [-0.4, -0.2) is 30.6 Å². The zero-order valence-electron chi connectivity index (χ0n) is 19.3. The number of likely N-dealkylation sites (tertiary alicyclic amines) is 1. The monoisotopic (exact) mass is 503 g/mol. The third kappa shape index (κ3) is 6.17. The van der Waals surface area contributed by atoms with E-state index >= 15 is 0 Å². The Bertz CT molecular complexity index is 964. The molecular formula is C26H28F7NO. The number of hydrogen-bond donors (Lipinski definition) is 0. The minimum Gasteiger partial charge on any atom is -0.370 e. The van der Waals surface area contributed by atoms with Crippen molar-refractivity contribution in [2.24, 2.45) is 5.92 Å². The van der Waals surface area contributed by atoms with Crippen molar-refractivity contribution in [3.63, 3.8) is 0 Å². The normalized spacial score (nSPS) is 24.7. The Morgan fingerprint density at radius 2 is 1.46 bits per heavy atom. The lowest BCUT2D eigenvalue weighted by molar-refractivity contribution is -0.143. The summed E-state index contributed by atoms with van der Waals surface area (Å²) in [5, 5.41) is 0. The van der Waals surface area contributed by atoms with Crippen LogP contribution in [0.2, 0.25) is 0 Å². The van der Waals surface area contributed by atoms with E-state index in [2.05, 4.69) is 4.90 Å². The fraction of sp³-hybridized carbons (Fsp3) is 0.538. The van der Waals surface area contributed by atoms with Crippen LogP contribution >= 0.6 is 0 Å². The number of alkyl halides is 6. The lowest BCUT2D eigenvalue weighted by Gasteiger charge is -2.30. The molecule has 2 aromatic carbocycles. The fourth-order valence-corrected chi connectivity index (χ4v) is 5.42. The highest BCUT2D eigenvalue weighted by Crippen LogP contribution is 2.45. The molecule has 192 valence electrons. The highest BCUT2D eigenvalue weighted by molar-refractivity contribution is 5.35. The van der Waals surface area contributed by atoms with Crippen LogP contribution in [-0.2, 0) is 17.1 Å². The van der Waals surface area contributed by atoms with Crippen LogP contribution in [0.4, 0.5) is 30.7 Å². The Morgan fingerprint density at radius 1 is 0.886 bits per heavy atom. The number of hydrogen-bond acceptors (Lipinski definition) is 2. The summed E-state index contributed by atoms with van der Waals surface area (Å²) in [5.41, 5.74) is -2.02. The van der Waals surface area contributed by atoms with Gasteiger partial charge >= 0.3 is 12.4 Å². The van der Waals surface area contributed by atoms with E-state index in [1.807, 2.05) is 0 Å². The summed E-state index contributed by atoms with van der Waals surface area (Å²) >= 11 is 0. The van der Waals surface area contributed by atoms with E-state index in [-0.39, 0.29) is 29.3 Å². The van der Waals surface area contributed by atoms with E-state index in [9.17, 15) is 30.7 Å². The molecule has 0 radical (unpaired) electrons. The van der Waals surface area contributed by atoms with Gasteiger partial charge in [-0.2, -0.15) is 26.3 Å². The fourth-order valence-electron chi connectivity index (χ4n) is 5.42. The van der Waals surface area contributed by atoms with Crippen LogP contribution in [0.15, 0.2) is 42.5 Å². The van der Waals surface area contributed by atoms with Crippen LogP contribution in [0.5, 0.6) is 0 Å². The maximum atomic E-state index is 13.6. The van der Waals surface area contributed by atoms with Crippen LogP contribution in [0.25, 0.3) is 0 Å². The van der Waals surface area contributed by atoms with E-state index in [4.69, 9.17) is 4.74 Å². The molecule has 0 spiro atoms. The summed E-state index contributed by atoms with van der Waals surface area (Å²) in [4.78, 5) is 2.37. The standard InChI is InChI=1S/C26H28F7NO/c1-16(19-12-20(25(28,29)30)14-21(13-19)26(31,32)33)35-23-9-6-18(15-34-10-2-3-11-34)24(23)17-4-7-22(27)8-5-17/h4-5,7-8,12-14,16,18,23-24H,2-3,6,9-11,15H2,1H3. The Morgan fingerprint density at radius 3 is 2.00 bits per heavy atom. The third-order valence-corrected chi connectivity index (χ3v) is 7.14. The Labute approximate surface area is 200 Å². The Kier molecular flexibility index (Phi) is 7.48. The smallest absolute Gasteiger partial charge is 0.370 e. The molecule has 0 aromatic heterocycles. The molecule has 2 fully saturated rings. The van der Waals surface area contributed by atoms with Gasteiger partial charge in [-0.05, 0) is 93.1 Å². The predicted octanol–water partition coefficient (Wildman–Crippen LogP) is 7.60. The van der Waals surface area contributed by atoms with Gasteiger partial charge in [-0.1, -0.05) is 12.1 Å². The largest absolute Gasteiger partial charge is 0.416 e. The molecule has 1 aliphatic carbocycles. The Hall–Kier alpha value is -2.13. The molecule has 4 rings (SSSR count). The maximum Gasteiger partial charge on any atom is 0.416 e. The summed E-state index contributed by atoms with van der Waals surface area (Å²) in [6, 6.07) is 7.68. The maximum absolute atomic E-state index is 13.6. The van der Waals surface area contributed by atoms with Gasteiger partial charge in [-0.25, -0.2) is 4.39 Å². The summed E-state index contributed by atoms with van der Waals surface area (Å²) in [6.07, 6.45) is -7.54. The van der Waals surface area contributed by atoms with Crippen LogP contribution in [0.1, 0.15) is 66.9 Å². The molecule has 9 heteroatoms. The quantitative estimate of drug-likeness (QED) is 0.377. The second-order valence-electron chi connectivity index (χ2n) is 9.58. The first-order valence-electron chi connectivity index (χ1n) is 11.8. The lowest BCUT2D eigenvalue weighted by Crippen LogP contribution is -2.31. The van der Waals surface area contributed by atoms with Gasteiger partial charge in [0.25, 0.3) is 0 Å². The highest BCUT2D eigenvalue weighted by atomic mass is 19.4. The molecule has 0 amide bonds. The van der Waals surface area contributed by atoms with Gasteiger partial charge in [0.15, 0.2) is 0 Å². The van der Waals surface area contributed by atoms with Crippen molar-refractivity contribution in [3.05, 3.63) is 70.5 Å². The molecule has 0 bridgehead atoms. The highest BCUT2D eigenvalue weighted by Gasteiger charge is 2.41. The van der Waals surface area contributed by atoms with Gasteiger partial charge in [-0.3, -0.25) is 0 Å². The SMILES string of the molecule is CC(OC1CCC(CN2CCCC2)C1c1ccc(F)cc1)c1cc(C(F)(F)F)cc(C(F)(F)F)c1. The van der Waals surface area contributed by atoms with Crippen molar-refractivity contribution in [1.82, 2.24) is 4.90 Å². The van der Waals surface area contributed by atoms with Crippen molar-refractivity contribution in [2.45, 2.75) is 63.1 Å². The summed E-state index contributed by atoms with van der Waals surface area (Å²) in [5.74, 6) is -0.313. The molecule has 35 heavy (non-hydrogen) atoms. The molecule has 1 aliphatic heterocycles. The van der Waals surface area contributed by atoms with E-state index < -0.39 is 35.7 Å². The number of nitrogens with zero attached hydrogens (tertiary/aromatic N) is 1. The number of halogens is 7. The van der Waals surface area contributed by atoms with Crippen molar-refractivity contribution in [2.75, 3.05) is 19.6 Å². The van der Waals surface area contributed by atoms with Crippen LogP contribution in [0, 0.1) is 11.7 Å². The number of ether oxygens (including phenoxy) is 1. The first-order chi connectivity index (χ1) is 16.4. The van der Waals surface area contributed by atoms with E-state index in [0.29, 0.717) is 6.42 Å². The van der Waals surface area contributed by atoms with Gasteiger partial charge in [0.2, 0.25) is 0 Å². The molecule has 2 aliphatic rings. The van der Waals surface area contributed by atoms with Gasteiger partial charge < -0.3 is 9.64 Å². The van der Waals surface area contributed by atoms with E-state index in [1.54, 1.807) is 12.1 Å². The predicted molar refractivity (Wildman–Crippen MR) is 117 cm³/mol. The average molecular weight is 504 g/mol. The van der Waals surface area contributed by atoms with E-state index in [1.165, 1.54) is 19.1 Å². The molecule has 4 unspecified atom stereocenters. The van der Waals surface area contributed by atoms with Crippen LogP contribution in [0.3, 0.4) is 0 Å². The molecule has 1 heterocycles. The first-order valence-corrected chi connectivity index (χ1v) is 11.8. The summed E-state index contributed by atoms with van der Waals surface area (Å²) < 4.78 is 99.7. The van der Waals surface area contributed by atoms with Crippen molar-refractivity contribution in [1.29, 1.82) is 0 Å². The van der Waals surface area contributed by atoms with E-state index in [0.717, 1.165) is 56.6 Å². The van der Waals surface area contributed by atoms with Crippen molar-refractivity contribution < 1.29 is 35.5 Å². The molecule has 2 nitrogen and oxygen atoms in total. The molecule has 0 N–H and O–H groups in total. The lowest BCUT2D eigenvalue weighted by atomic mass is 9.87. The average Bonchev–Trinajstić information content (AvgIpc) is 3.43. The van der Waals surface area contributed by atoms with Crippen molar-refractivity contribution >= 4 is 0 Å². The minimum atomic E-state index is -4.92. The topological polar surface area (TPSA) is 12.5 Å². The zero-order chi connectivity index (χ0) is 25.4. The molecule has 1 saturated carbocycles.